The van der Waals surface area contributed by atoms with Crippen molar-refractivity contribution in [2.75, 3.05) is 6.61 Å². The minimum Gasteiger partial charge on any atom is -0.493 e. The van der Waals surface area contributed by atoms with Crippen LogP contribution in [-0.2, 0) is 6.61 Å². The van der Waals surface area contributed by atoms with E-state index in [0.717, 1.165) is 24.5 Å². The maximum Gasteiger partial charge on any atom is 0.119 e. The van der Waals surface area contributed by atoms with Gasteiger partial charge in [-0.25, -0.2) is 0 Å². The molecule has 134 valence electrons. The van der Waals surface area contributed by atoms with Crippen molar-refractivity contribution in [1.82, 2.24) is 0 Å². The molecule has 0 radical (unpaired) electrons. The standard InChI is InChI=1S/C24H26O2/c1-3-19(2)17-25-23-13-9-21(10-14-23)22-11-15-24(16-12-22)26-18-20-7-5-4-6-8-20/h4-16,19H,3,17-18H2,1-2H3. The first-order valence-corrected chi connectivity index (χ1v) is 9.24. The van der Waals surface area contributed by atoms with Gasteiger partial charge in [0.15, 0.2) is 0 Å². The van der Waals surface area contributed by atoms with E-state index in [1.807, 2.05) is 42.5 Å². The molecule has 2 heteroatoms. The third kappa shape index (κ3) is 5.13. The normalized spacial score (nSPS) is 11.8. The predicted octanol–water partition coefficient (Wildman–Crippen LogP) is 6.36. The van der Waals surface area contributed by atoms with Crippen LogP contribution in [0.15, 0.2) is 78.9 Å². The van der Waals surface area contributed by atoms with Crippen molar-refractivity contribution in [3.8, 4) is 22.6 Å². The van der Waals surface area contributed by atoms with Gasteiger partial charge in [0.25, 0.3) is 0 Å². The molecule has 0 aliphatic rings. The summed E-state index contributed by atoms with van der Waals surface area (Å²) in [6.07, 6.45) is 1.14. The van der Waals surface area contributed by atoms with Gasteiger partial charge < -0.3 is 9.47 Å². The van der Waals surface area contributed by atoms with Crippen LogP contribution in [-0.4, -0.2) is 6.61 Å². The molecule has 1 atom stereocenters. The van der Waals surface area contributed by atoms with Crippen molar-refractivity contribution < 1.29 is 9.47 Å². The maximum absolute atomic E-state index is 5.85. The second kappa shape index (κ2) is 9.10. The average Bonchev–Trinajstić information content (AvgIpc) is 2.72. The van der Waals surface area contributed by atoms with E-state index in [0.29, 0.717) is 12.5 Å². The first-order chi connectivity index (χ1) is 12.7. The molecule has 26 heavy (non-hydrogen) atoms. The Morgan fingerprint density at radius 1 is 0.692 bits per heavy atom. The lowest BCUT2D eigenvalue weighted by Crippen LogP contribution is -2.06. The van der Waals surface area contributed by atoms with Crippen LogP contribution in [0.3, 0.4) is 0 Å². The fourth-order valence-corrected chi connectivity index (χ4v) is 2.58. The molecule has 0 N–H and O–H groups in total. The third-order valence-corrected chi connectivity index (χ3v) is 4.52. The molecule has 0 saturated heterocycles. The van der Waals surface area contributed by atoms with Crippen LogP contribution in [0, 0.1) is 5.92 Å². The van der Waals surface area contributed by atoms with Gasteiger partial charge in [-0.3, -0.25) is 0 Å². The zero-order valence-corrected chi connectivity index (χ0v) is 15.5. The molecular formula is C24H26O2. The van der Waals surface area contributed by atoms with Gasteiger partial charge in [0.1, 0.15) is 18.1 Å². The maximum atomic E-state index is 5.85. The van der Waals surface area contributed by atoms with Gasteiger partial charge in [0.05, 0.1) is 6.61 Å². The minimum atomic E-state index is 0.582. The summed E-state index contributed by atoms with van der Waals surface area (Å²) < 4.78 is 11.7. The molecule has 3 aromatic rings. The lowest BCUT2D eigenvalue weighted by atomic mass is 10.1. The van der Waals surface area contributed by atoms with E-state index in [2.05, 4.69) is 50.2 Å². The molecule has 0 saturated carbocycles. The van der Waals surface area contributed by atoms with Crippen molar-refractivity contribution in [2.24, 2.45) is 5.92 Å². The number of rotatable bonds is 8. The molecule has 0 aromatic heterocycles. The van der Waals surface area contributed by atoms with E-state index in [-0.39, 0.29) is 0 Å². The zero-order chi connectivity index (χ0) is 18.2. The molecule has 1 unspecified atom stereocenters. The van der Waals surface area contributed by atoms with Gasteiger partial charge >= 0.3 is 0 Å². The molecule has 0 fully saturated rings. The Balaban J connectivity index is 1.57. The number of ether oxygens (including phenoxy) is 2. The number of hydrogen-bond donors (Lipinski definition) is 0. The minimum absolute atomic E-state index is 0.582. The first kappa shape index (κ1) is 18.1. The predicted molar refractivity (Wildman–Crippen MR) is 108 cm³/mol. The van der Waals surface area contributed by atoms with Crippen LogP contribution in [0.25, 0.3) is 11.1 Å². The highest BCUT2D eigenvalue weighted by atomic mass is 16.5. The van der Waals surface area contributed by atoms with Crippen molar-refractivity contribution in [3.05, 3.63) is 84.4 Å². The van der Waals surface area contributed by atoms with E-state index in [1.54, 1.807) is 0 Å². The van der Waals surface area contributed by atoms with Gasteiger partial charge in [-0.05, 0) is 46.9 Å². The first-order valence-electron chi connectivity index (χ1n) is 9.24. The van der Waals surface area contributed by atoms with E-state index < -0.39 is 0 Å². The number of hydrogen-bond acceptors (Lipinski definition) is 2. The summed E-state index contributed by atoms with van der Waals surface area (Å²) in [6.45, 7) is 5.74. The molecule has 0 aliphatic carbocycles. The summed E-state index contributed by atoms with van der Waals surface area (Å²) in [6, 6.07) is 26.7. The van der Waals surface area contributed by atoms with E-state index >= 15 is 0 Å². The second-order valence-corrected chi connectivity index (χ2v) is 6.65. The van der Waals surface area contributed by atoms with Crippen LogP contribution in [0.2, 0.25) is 0 Å². The molecule has 0 heterocycles. The van der Waals surface area contributed by atoms with Gasteiger partial charge in [-0.15, -0.1) is 0 Å². The summed E-state index contributed by atoms with van der Waals surface area (Å²) >= 11 is 0. The highest BCUT2D eigenvalue weighted by molar-refractivity contribution is 5.64. The monoisotopic (exact) mass is 346 g/mol. The summed E-state index contributed by atoms with van der Waals surface area (Å²) in [5.74, 6) is 2.39. The van der Waals surface area contributed by atoms with Crippen molar-refractivity contribution in [3.63, 3.8) is 0 Å². The van der Waals surface area contributed by atoms with Gasteiger partial charge in [0.2, 0.25) is 0 Å². The Labute approximate surface area is 156 Å². The SMILES string of the molecule is CCC(C)COc1ccc(-c2ccc(OCc3ccccc3)cc2)cc1. The Bertz CT molecular complexity index is 777. The Hall–Kier alpha value is -2.74. The molecule has 3 rings (SSSR count). The van der Waals surface area contributed by atoms with Crippen LogP contribution >= 0.6 is 0 Å². The van der Waals surface area contributed by atoms with Crippen LogP contribution in [0.5, 0.6) is 11.5 Å². The van der Waals surface area contributed by atoms with Crippen molar-refractivity contribution in [2.45, 2.75) is 26.9 Å². The number of benzene rings is 3. The van der Waals surface area contributed by atoms with Gasteiger partial charge in [0, 0.05) is 0 Å². The second-order valence-electron chi connectivity index (χ2n) is 6.65. The van der Waals surface area contributed by atoms with Crippen LogP contribution in [0.1, 0.15) is 25.8 Å². The molecule has 0 spiro atoms. The van der Waals surface area contributed by atoms with Gasteiger partial charge in [-0.1, -0.05) is 74.9 Å². The molecule has 2 nitrogen and oxygen atoms in total. The summed E-state index contributed by atoms with van der Waals surface area (Å²) in [7, 11) is 0. The molecule has 0 amide bonds. The quantitative estimate of drug-likeness (QED) is 0.472. The van der Waals surface area contributed by atoms with Crippen LogP contribution in [0.4, 0.5) is 0 Å². The third-order valence-electron chi connectivity index (χ3n) is 4.52. The van der Waals surface area contributed by atoms with Crippen molar-refractivity contribution in [1.29, 1.82) is 0 Å². The molecule has 3 aromatic carbocycles. The highest BCUT2D eigenvalue weighted by Gasteiger charge is 2.03. The largest absolute Gasteiger partial charge is 0.493 e. The smallest absolute Gasteiger partial charge is 0.119 e. The molecule has 0 aliphatic heterocycles. The summed E-state index contributed by atoms with van der Waals surface area (Å²) in [5.41, 5.74) is 3.52. The van der Waals surface area contributed by atoms with E-state index in [4.69, 9.17) is 9.47 Å². The van der Waals surface area contributed by atoms with Gasteiger partial charge in [-0.2, -0.15) is 0 Å². The lowest BCUT2D eigenvalue weighted by Gasteiger charge is -2.11. The van der Waals surface area contributed by atoms with Crippen molar-refractivity contribution >= 4 is 0 Å². The van der Waals surface area contributed by atoms with E-state index in [1.165, 1.54) is 16.7 Å². The summed E-state index contributed by atoms with van der Waals surface area (Å²) in [4.78, 5) is 0. The lowest BCUT2D eigenvalue weighted by molar-refractivity contribution is 0.256. The average molecular weight is 346 g/mol. The Morgan fingerprint density at radius 3 is 1.77 bits per heavy atom. The Morgan fingerprint density at radius 2 is 1.23 bits per heavy atom. The highest BCUT2D eigenvalue weighted by Crippen LogP contribution is 2.25. The van der Waals surface area contributed by atoms with E-state index in [9.17, 15) is 0 Å². The summed E-state index contributed by atoms with van der Waals surface area (Å²) in [5, 5.41) is 0. The topological polar surface area (TPSA) is 18.5 Å². The fourth-order valence-electron chi connectivity index (χ4n) is 2.58. The van der Waals surface area contributed by atoms with Crippen LogP contribution < -0.4 is 9.47 Å². The molecular weight excluding hydrogens is 320 g/mol. The molecule has 0 bridgehead atoms. The Kier molecular flexibility index (Phi) is 6.32. The fraction of sp³-hybridized carbons (Fsp3) is 0.250. The zero-order valence-electron chi connectivity index (χ0n) is 15.5.